The van der Waals surface area contributed by atoms with Gasteiger partial charge in [-0.05, 0) is 30.7 Å². The first-order chi connectivity index (χ1) is 11.6. The van der Waals surface area contributed by atoms with E-state index in [-0.39, 0.29) is 6.03 Å². The third kappa shape index (κ3) is 5.84. The smallest absolute Gasteiger partial charge is 0.319 e. The number of likely N-dealkylation sites (N-methyl/N-ethyl adjacent to an activating group) is 1. The van der Waals surface area contributed by atoms with Crippen LogP contribution in [0.2, 0.25) is 0 Å². The van der Waals surface area contributed by atoms with Gasteiger partial charge in [0.1, 0.15) is 0 Å². The Morgan fingerprint density at radius 2 is 2.00 bits per heavy atom. The van der Waals surface area contributed by atoms with Crippen molar-refractivity contribution in [2.75, 3.05) is 51.1 Å². The molecule has 1 aromatic rings. The molecule has 0 bridgehead atoms. The van der Waals surface area contributed by atoms with E-state index in [1.807, 2.05) is 0 Å². The summed E-state index contributed by atoms with van der Waals surface area (Å²) in [6.45, 7) is 11.6. The Morgan fingerprint density at radius 1 is 1.29 bits per heavy atom. The SMILES string of the molecule is CCN1CCN(CC(C)CNC(=O)Nc2cccc(C#N)c2)CC1. The summed E-state index contributed by atoms with van der Waals surface area (Å²) < 4.78 is 0. The van der Waals surface area contributed by atoms with E-state index >= 15 is 0 Å². The average molecular weight is 329 g/mol. The number of urea groups is 1. The summed E-state index contributed by atoms with van der Waals surface area (Å²) in [5.74, 6) is 0.398. The number of piperazine rings is 1. The predicted octanol–water partition coefficient (Wildman–Crippen LogP) is 1.95. The Bertz CT molecular complexity index is 575. The molecule has 1 aliphatic heterocycles. The van der Waals surface area contributed by atoms with E-state index in [0.29, 0.717) is 23.7 Å². The van der Waals surface area contributed by atoms with Crippen LogP contribution in [-0.2, 0) is 0 Å². The summed E-state index contributed by atoms with van der Waals surface area (Å²) >= 11 is 0. The van der Waals surface area contributed by atoms with Crippen LogP contribution in [0.4, 0.5) is 10.5 Å². The van der Waals surface area contributed by atoms with Gasteiger partial charge in [0.2, 0.25) is 0 Å². The van der Waals surface area contributed by atoms with Gasteiger partial charge in [0.05, 0.1) is 11.6 Å². The molecule has 24 heavy (non-hydrogen) atoms. The van der Waals surface area contributed by atoms with Gasteiger partial charge in [-0.25, -0.2) is 4.79 Å². The zero-order valence-corrected chi connectivity index (χ0v) is 14.6. The highest BCUT2D eigenvalue weighted by Gasteiger charge is 2.17. The molecule has 1 aliphatic rings. The molecule has 6 nitrogen and oxygen atoms in total. The van der Waals surface area contributed by atoms with Gasteiger partial charge >= 0.3 is 6.03 Å². The number of hydrogen-bond donors (Lipinski definition) is 2. The van der Waals surface area contributed by atoms with Crippen molar-refractivity contribution in [1.82, 2.24) is 15.1 Å². The summed E-state index contributed by atoms with van der Waals surface area (Å²) in [5, 5.41) is 14.5. The second kappa shape index (κ2) is 9.26. The van der Waals surface area contributed by atoms with Crippen LogP contribution in [0.25, 0.3) is 0 Å². The number of nitriles is 1. The Hall–Kier alpha value is -2.10. The number of nitrogens with zero attached hydrogens (tertiary/aromatic N) is 3. The number of carbonyl (C=O) groups excluding carboxylic acids is 1. The van der Waals surface area contributed by atoms with Crippen LogP contribution in [-0.4, -0.2) is 61.6 Å². The summed E-state index contributed by atoms with van der Waals surface area (Å²) in [4.78, 5) is 16.9. The van der Waals surface area contributed by atoms with Crippen molar-refractivity contribution in [3.63, 3.8) is 0 Å². The van der Waals surface area contributed by atoms with Crippen molar-refractivity contribution in [2.45, 2.75) is 13.8 Å². The number of rotatable bonds is 6. The van der Waals surface area contributed by atoms with Crippen molar-refractivity contribution in [2.24, 2.45) is 5.92 Å². The van der Waals surface area contributed by atoms with Gasteiger partial charge in [-0.2, -0.15) is 5.26 Å². The topological polar surface area (TPSA) is 71.4 Å². The summed E-state index contributed by atoms with van der Waals surface area (Å²) in [5.41, 5.74) is 1.17. The highest BCUT2D eigenvalue weighted by atomic mass is 16.2. The maximum Gasteiger partial charge on any atom is 0.319 e. The normalized spacial score (nSPS) is 17.0. The van der Waals surface area contributed by atoms with Crippen LogP contribution >= 0.6 is 0 Å². The van der Waals surface area contributed by atoms with Gasteiger partial charge in [-0.3, -0.25) is 0 Å². The van der Waals surface area contributed by atoms with Crippen LogP contribution in [0.1, 0.15) is 19.4 Å². The lowest BCUT2D eigenvalue weighted by Crippen LogP contribution is -2.48. The Kier molecular flexibility index (Phi) is 7.04. The first kappa shape index (κ1) is 18.2. The summed E-state index contributed by atoms with van der Waals surface area (Å²) in [6, 6.07) is 8.74. The van der Waals surface area contributed by atoms with Crippen LogP contribution in [0.15, 0.2) is 24.3 Å². The van der Waals surface area contributed by atoms with Gasteiger partial charge in [0.25, 0.3) is 0 Å². The van der Waals surface area contributed by atoms with Crippen molar-refractivity contribution in [3.05, 3.63) is 29.8 Å². The van der Waals surface area contributed by atoms with Gasteiger partial charge in [-0.15, -0.1) is 0 Å². The molecule has 0 spiro atoms. The number of hydrogen-bond acceptors (Lipinski definition) is 4. The minimum absolute atomic E-state index is 0.229. The highest BCUT2D eigenvalue weighted by Crippen LogP contribution is 2.09. The zero-order chi connectivity index (χ0) is 17.4. The summed E-state index contributed by atoms with van der Waals surface area (Å²) in [6.07, 6.45) is 0. The van der Waals surface area contributed by atoms with Gasteiger partial charge < -0.3 is 20.4 Å². The molecule has 2 N–H and O–H groups in total. The molecule has 1 atom stereocenters. The van der Waals surface area contributed by atoms with Crippen molar-refractivity contribution < 1.29 is 4.79 Å². The molecule has 1 aromatic carbocycles. The van der Waals surface area contributed by atoms with Crippen LogP contribution in [0.5, 0.6) is 0 Å². The maximum atomic E-state index is 12.0. The lowest BCUT2D eigenvalue weighted by molar-refractivity contribution is 0.124. The van der Waals surface area contributed by atoms with E-state index in [1.165, 1.54) is 0 Å². The summed E-state index contributed by atoms with van der Waals surface area (Å²) in [7, 11) is 0. The first-order valence-electron chi connectivity index (χ1n) is 8.60. The quantitative estimate of drug-likeness (QED) is 0.837. The van der Waals surface area contributed by atoms with Gasteiger partial charge in [-0.1, -0.05) is 19.9 Å². The van der Waals surface area contributed by atoms with E-state index in [0.717, 1.165) is 39.3 Å². The molecule has 1 saturated heterocycles. The number of nitrogens with one attached hydrogen (secondary N) is 2. The molecular formula is C18H27N5O. The van der Waals surface area contributed by atoms with E-state index in [9.17, 15) is 4.79 Å². The number of benzene rings is 1. The maximum absolute atomic E-state index is 12.0. The molecule has 0 aliphatic carbocycles. The first-order valence-corrected chi connectivity index (χ1v) is 8.60. The molecule has 0 aromatic heterocycles. The minimum atomic E-state index is -0.229. The fourth-order valence-corrected chi connectivity index (χ4v) is 2.90. The lowest BCUT2D eigenvalue weighted by Gasteiger charge is -2.35. The lowest BCUT2D eigenvalue weighted by atomic mass is 10.1. The predicted molar refractivity (Wildman–Crippen MR) is 95.9 cm³/mol. The van der Waals surface area contributed by atoms with Gasteiger partial charge in [0, 0.05) is 45.0 Å². The molecule has 1 unspecified atom stereocenters. The second-order valence-corrected chi connectivity index (χ2v) is 6.37. The number of anilines is 1. The van der Waals surface area contributed by atoms with Crippen molar-refractivity contribution in [3.8, 4) is 6.07 Å². The van der Waals surface area contributed by atoms with E-state index in [2.05, 4.69) is 40.4 Å². The Balaban J connectivity index is 1.68. The number of carbonyl (C=O) groups is 1. The standard InChI is InChI=1S/C18H27N5O/c1-3-22-7-9-23(10-8-22)14-15(2)13-20-18(24)21-17-6-4-5-16(11-17)12-19/h4-6,11,15H,3,7-10,13-14H2,1-2H3,(H2,20,21,24). The van der Waals surface area contributed by atoms with Crippen LogP contribution < -0.4 is 10.6 Å². The fraction of sp³-hybridized carbons (Fsp3) is 0.556. The molecule has 2 rings (SSSR count). The molecule has 6 heteroatoms. The molecule has 0 radical (unpaired) electrons. The average Bonchev–Trinajstić information content (AvgIpc) is 2.61. The Morgan fingerprint density at radius 3 is 2.67 bits per heavy atom. The molecule has 0 saturated carbocycles. The monoisotopic (exact) mass is 329 g/mol. The van der Waals surface area contributed by atoms with Crippen LogP contribution in [0.3, 0.4) is 0 Å². The molecular weight excluding hydrogens is 302 g/mol. The molecule has 1 fully saturated rings. The molecule has 2 amide bonds. The van der Waals surface area contributed by atoms with E-state index < -0.39 is 0 Å². The molecule has 1 heterocycles. The van der Waals surface area contributed by atoms with Crippen LogP contribution in [0, 0.1) is 17.2 Å². The highest BCUT2D eigenvalue weighted by molar-refractivity contribution is 5.89. The zero-order valence-electron chi connectivity index (χ0n) is 14.6. The largest absolute Gasteiger partial charge is 0.338 e. The van der Waals surface area contributed by atoms with Gasteiger partial charge in [0.15, 0.2) is 0 Å². The van der Waals surface area contributed by atoms with Crippen molar-refractivity contribution in [1.29, 1.82) is 5.26 Å². The minimum Gasteiger partial charge on any atom is -0.338 e. The molecule has 130 valence electrons. The third-order valence-electron chi connectivity index (χ3n) is 4.34. The number of amides is 2. The van der Waals surface area contributed by atoms with E-state index in [4.69, 9.17) is 5.26 Å². The Labute approximate surface area is 144 Å². The van der Waals surface area contributed by atoms with Crippen molar-refractivity contribution >= 4 is 11.7 Å². The second-order valence-electron chi connectivity index (χ2n) is 6.37. The fourth-order valence-electron chi connectivity index (χ4n) is 2.90. The third-order valence-corrected chi connectivity index (χ3v) is 4.34. The van der Waals surface area contributed by atoms with E-state index in [1.54, 1.807) is 24.3 Å².